The van der Waals surface area contributed by atoms with Gasteiger partial charge in [0.25, 0.3) is 0 Å². The van der Waals surface area contributed by atoms with Gasteiger partial charge in [-0.3, -0.25) is 0 Å². The smallest absolute Gasteiger partial charge is 0.0682 e. The number of aliphatic hydroxyl groups is 2. The zero-order valence-electron chi connectivity index (χ0n) is 10.9. The molecule has 0 amide bonds. The Hall–Kier alpha value is -2.16. The molecular weight excluding hydrogens is 248 g/mol. The first-order valence-corrected chi connectivity index (χ1v) is 6.72. The lowest BCUT2D eigenvalue weighted by molar-refractivity contribution is 0.282. The SMILES string of the molecule is OCc1cc2ccc3cc(CO)cc4ccc(c1)c2c34. The van der Waals surface area contributed by atoms with Gasteiger partial charge in [0.15, 0.2) is 0 Å². The molecule has 0 saturated carbocycles. The molecule has 2 heteroatoms. The van der Waals surface area contributed by atoms with Gasteiger partial charge >= 0.3 is 0 Å². The second-order valence-corrected chi connectivity index (χ2v) is 5.28. The molecule has 0 atom stereocenters. The van der Waals surface area contributed by atoms with Crippen molar-refractivity contribution in [3.8, 4) is 0 Å². The molecule has 4 aromatic rings. The predicted octanol–water partition coefficient (Wildman–Crippen LogP) is 3.57. The fraction of sp³-hybridized carbons (Fsp3) is 0.111. The van der Waals surface area contributed by atoms with Crippen LogP contribution in [0.1, 0.15) is 11.1 Å². The molecule has 0 bridgehead atoms. The Morgan fingerprint density at radius 1 is 0.550 bits per heavy atom. The summed E-state index contributed by atoms with van der Waals surface area (Å²) in [6, 6.07) is 16.5. The molecule has 0 aliphatic heterocycles. The van der Waals surface area contributed by atoms with E-state index in [9.17, 15) is 10.2 Å². The topological polar surface area (TPSA) is 40.5 Å². The van der Waals surface area contributed by atoms with Gasteiger partial charge in [-0.2, -0.15) is 0 Å². The van der Waals surface area contributed by atoms with Crippen molar-refractivity contribution in [2.75, 3.05) is 0 Å². The van der Waals surface area contributed by atoms with Gasteiger partial charge in [0.2, 0.25) is 0 Å². The summed E-state index contributed by atoms with van der Waals surface area (Å²) in [5.74, 6) is 0. The minimum Gasteiger partial charge on any atom is -0.392 e. The minimum absolute atomic E-state index is 0.0606. The van der Waals surface area contributed by atoms with Crippen LogP contribution >= 0.6 is 0 Å². The van der Waals surface area contributed by atoms with Gasteiger partial charge < -0.3 is 10.2 Å². The Kier molecular flexibility index (Phi) is 2.43. The summed E-state index contributed by atoms with van der Waals surface area (Å²) in [6.07, 6.45) is 0. The first kappa shape index (κ1) is 11.6. The zero-order chi connectivity index (χ0) is 13.7. The summed E-state index contributed by atoms with van der Waals surface area (Å²) < 4.78 is 0. The molecule has 0 unspecified atom stereocenters. The number of rotatable bonds is 2. The minimum atomic E-state index is 0.0606. The summed E-state index contributed by atoms with van der Waals surface area (Å²) in [4.78, 5) is 0. The van der Waals surface area contributed by atoms with E-state index < -0.39 is 0 Å². The van der Waals surface area contributed by atoms with Crippen LogP contribution in [-0.2, 0) is 13.2 Å². The van der Waals surface area contributed by atoms with Crippen molar-refractivity contribution in [1.29, 1.82) is 0 Å². The van der Waals surface area contributed by atoms with Crippen LogP contribution in [0.2, 0.25) is 0 Å². The maximum absolute atomic E-state index is 9.36. The normalized spacial score (nSPS) is 11.9. The van der Waals surface area contributed by atoms with E-state index in [0.29, 0.717) is 0 Å². The average Bonchev–Trinajstić information content (AvgIpc) is 2.51. The maximum Gasteiger partial charge on any atom is 0.0682 e. The Bertz CT molecular complexity index is 781. The molecule has 0 aliphatic carbocycles. The third kappa shape index (κ3) is 1.52. The van der Waals surface area contributed by atoms with Crippen LogP contribution in [0.4, 0.5) is 0 Å². The highest BCUT2D eigenvalue weighted by atomic mass is 16.3. The van der Waals surface area contributed by atoms with E-state index in [1.807, 2.05) is 24.3 Å². The lowest BCUT2D eigenvalue weighted by atomic mass is 9.92. The zero-order valence-corrected chi connectivity index (χ0v) is 10.9. The lowest BCUT2D eigenvalue weighted by Gasteiger charge is -2.13. The molecule has 2 N–H and O–H groups in total. The van der Waals surface area contributed by atoms with E-state index in [4.69, 9.17) is 0 Å². The van der Waals surface area contributed by atoms with Crippen molar-refractivity contribution in [1.82, 2.24) is 0 Å². The van der Waals surface area contributed by atoms with Crippen LogP contribution in [0.3, 0.4) is 0 Å². The van der Waals surface area contributed by atoms with Gasteiger partial charge in [0, 0.05) is 0 Å². The van der Waals surface area contributed by atoms with Crippen LogP contribution in [0, 0.1) is 0 Å². The molecule has 2 nitrogen and oxygen atoms in total. The first-order chi connectivity index (χ1) is 9.80. The summed E-state index contributed by atoms with van der Waals surface area (Å²) in [6.45, 7) is 0.121. The van der Waals surface area contributed by atoms with Gasteiger partial charge in [0.1, 0.15) is 0 Å². The molecule has 4 rings (SSSR count). The fourth-order valence-electron chi connectivity index (χ4n) is 3.15. The van der Waals surface area contributed by atoms with E-state index >= 15 is 0 Å². The molecule has 0 spiro atoms. The molecule has 0 aromatic heterocycles. The number of hydrogen-bond donors (Lipinski definition) is 2. The molecule has 0 heterocycles. The summed E-state index contributed by atoms with van der Waals surface area (Å²) >= 11 is 0. The van der Waals surface area contributed by atoms with Gasteiger partial charge in [-0.1, -0.05) is 24.3 Å². The monoisotopic (exact) mass is 262 g/mol. The van der Waals surface area contributed by atoms with Gasteiger partial charge in [0.05, 0.1) is 13.2 Å². The second kappa shape index (κ2) is 4.17. The van der Waals surface area contributed by atoms with Crippen molar-refractivity contribution in [2.45, 2.75) is 13.2 Å². The molecule has 0 radical (unpaired) electrons. The number of hydrogen-bond acceptors (Lipinski definition) is 2. The van der Waals surface area contributed by atoms with E-state index in [0.717, 1.165) is 32.7 Å². The van der Waals surface area contributed by atoms with E-state index in [-0.39, 0.29) is 13.2 Å². The van der Waals surface area contributed by atoms with E-state index in [1.165, 1.54) is 10.8 Å². The highest BCUT2D eigenvalue weighted by Gasteiger charge is 2.10. The fourth-order valence-corrected chi connectivity index (χ4v) is 3.15. The van der Waals surface area contributed by atoms with E-state index in [1.54, 1.807) is 0 Å². The van der Waals surface area contributed by atoms with Crippen LogP contribution < -0.4 is 0 Å². The highest BCUT2D eigenvalue weighted by Crippen LogP contribution is 2.35. The van der Waals surface area contributed by atoms with Gasteiger partial charge in [-0.05, 0) is 67.7 Å². The van der Waals surface area contributed by atoms with Crippen molar-refractivity contribution < 1.29 is 10.2 Å². The molecular formula is C18H14O2. The van der Waals surface area contributed by atoms with Crippen molar-refractivity contribution in [3.05, 3.63) is 59.7 Å². The van der Waals surface area contributed by atoms with Crippen LogP contribution in [0.15, 0.2) is 48.5 Å². The third-order valence-corrected chi connectivity index (χ3v) is 4.02. The Labute approximate surface area is 116 Å². The molecule has 0 aliphatic rings. The largest absolute Gasteiger partial charge is 0.392 e. The number of aliphatic hydroxyl groups excluding tert-OH is 2. The standard InChI is InChI=1S/C18H14O2/c19-9-11-5-13-1-2-14-6-12(10-20)8-16-4-3-15(7-11)17(13)18(14)16/h1-8,19-20H,9-10H2. The summed E-state index contributed by atoms with van der Waals surface area (Å²) in [7, 11) is 0. The lowest BCUT2D eigenvalue weighted by Crippen LogP contribution is -1.90. The van der Waals surface area contributed by atoms with Crippen molar-refractivity contribution in [3.63, 3.8) is 0 Å². The first-order valence-electron chi connectivity index (χ1n) is 6.72. The predicted molar refractivity (Wildman–Crippen MR) is 82.0 cm³/mol. The molecule has 4 aromatic carbocycles. The van der Waals surface area contributed by atoms with Crippen LogP contribution in [0.25, 0.3) is 32.3 Å². The highest BCUT2D eigenvalue weighted by molar-refractivity contribution is 6.23. The van der Waals surface area contributed by atoms with E-state index in [2.05, 4.69) is 24.3 Å². The average molecular weight is 262 g/mol. The number of benzene rings is 4. The maximum atomic E-state index is 9.36. The molecule has 98 valence electrons. The third-order valence-electron chi connectivity index (χ3n) is 4.02. The van der Waals surface area contributed by atoms with Crippen molar-refractivity contribution >= 4 is 32.3 Å². The second-order valence-electron chi connectivity index (χ2n) is 5.28. The van der Waals surface area contributed by atoms with Gasteiger partial charge in [-0.15, -0.1) is 0 Å². The molecule has 20 heavy (non-hydrogen) atoms. The Morgan fingerprint density at radius 2 is 0.850 bits per heavy atom. The quantitative estimate of drug-likeness (QED) is 0.542. The van der Waals surface area contributed by atoms with Gasteiger partial charge in [-0.25, -0.2) is 0 Å². The molecule has 0 fully saturated rings. The summed E-state index contributed by atoms with van der Waals surface area (Å²) in [5.41, 5.74) is 1.87. The van der Waals surface area contributed by atoms with Crippen molar-refractivity contribution in [2.24, 2.45) is 0 Å². The Morgan fingerprint density at radius 3 is 1.10 bits per heavy atom. The van der Waals surface area contributed by atoms with Crippen LogP contribution in [0.5, 0.6) is 0 Å². The Balaban J connectivity index is 2.24. The molecule has 0 saturated heterocycles. The van der Waals surface area contributed by atoms with Crippen LogP contribution in [-0.4, -0.2) is 10.2 Å². The summed E-state index contributed by atoms with van der Waals surface area (Å²) in [5, 5.41) is 25.8.